The lowest BCUT2D eigenvalue weighted by Gasteiger charge is -2.58. The number of rotatable bonds is 6. The first-order valence-electron chi connectivity index (χ1n) is 15.7. The summed E-state index contributed by atoms with van der Waals surface area (Å²) in [5.41, 5.74) is 3.55. The number of aliphatic hydroxyl groups is 1. The van der Waals surface area contributed by atoms with Gasteiger partial charge in [-0.1, -0.05) is 71.5 Å². The van der Waals surface area contributed by atoms with Gasteiger partial charge in [-0.25, -0.2) is 4.79 Å². The van der Waals surface area contributed by atoms with Gasteiger partial charge in [-0.2, -0.15) is 0 Å². The Bertz CT molecular complexity index is 1060. The van der Waals surface area contributed by atoms with Crippen LogP contribution in [0.5, 0.6) is 0 Å². The first-order chi connectivity index (χ1) is 18.5. The zero-order chi connectivity index (χ0) is 28.4. The van der Waals surface area contributed by atoms with Crippen molar-refractivity contribution in [3.05, 3.63) is 47.0 Å². The maximum atomic E-state index is 10.3. The van der Waals surface area contributed by atoms with E-state index in [1.165, 1.54) is 69.9 Å². The van der Waals surface area contributed by atoms with Gasteiger partial charge in [0.1, 0.15) is 0 Å². The Morgan fingerprint density at radius 3 is 2.38 bits per heavy atom. The molecule has 1 aromatic carbocycles. The molecule has 0 unspecified atom stereocenters. The van der Waals surface area contributed by atoms with Crippen LogP contribution in [0.25, 0.3) is 0 Å². The SMILES string of the molecule is C#Cc1ccc(C(=O)O)cc1.CC(C)CCC[C@@H](C)[C@H]1CC[C@H]2[C@@H]3CC=C4C[C@@H](O)CC[C@]4(C)[C@H]3CC[C@]12C. The average molecular weight is 533 g/mol. The fraction of sp³-hybridized carbons (Fsp3) is 0.694. The number of carboxylic acids is 1. The highest BCUT2D eigenvalue weighted by Gasteiger charge is 2.59. The molecule has 4 aliphatic carbocycles. The molecule has 39 heavy (non-hydrogen) atoms. The molecule has 0 amide bonds. The molecule has 0 aliphatic heterocycles. The molecule has 3 nitrogen and oxygen atoms in total. The summed E-state index contributed by atoms with van der Waals surface area (Å²) in [5, 5.41) is 18.7. The van der Waals surface area contributed by atoms with Gasteiger partial charge in [0.2, 0.25) is 0 Å². The predicted molar refractivity (Wildman–Crippen MR) is 160 cm³/mol. The molecule has 8 atom stereocenters. The third-order valence-corrected chi connectivity index (χ3v) is 11.6. The van der Waals surface area contributed by atoms with E-state index in [4.69, 9.17) is 11.5 Å². The minimum atomic E-state index is -0.937. The van der Waals surface area contributed by atoms with Crippen molar-refractivity contribution in [3.63, 3.8) is 0 Å². The van der Waals surface area contributed by atoms with Crippen LogP contribution in [0.15, 0.2) is 35.9 Å². The van der Waals surface area contributed by atoms with Crippen molar-refractivity contribution in [1.29, 1.82) is 0 Å². The Kier molecular flexibility index (Phi) is 9.37. The molecule has 0 spiro atoms. The number of aliphatic hydroxyl groups excluding tert-OH is 1. The van der Waals surface area contributed by atoms with Gasteiger partial charge < -0.3 is 10.2 Å². The Morgan fingerprint density at radius 1 is 1.03 bits per heavy atom. The monoisotopic (exact) mass is 532 g/mol. The van der Waals surface area contributed by atoms with Crippen LogP contribution in [-0.4, -0.2) is 22.3 Å². The molecule has 2 N–H and O–H groups in total. The van der Waals surface area contributed by atoms with Gasteiger partial charge in [-0.05, 0) is 122 Å². The summed E-state index contributed by atoms with van der Waals surface area (Å²) in [6, 6.07) is 6.17. The number of aromatic carboxylic acids is 1. The van der Waals surface area contributed by atoms with Gasteiger partial charge in [0.05, 0.1) is 11.7 Å². The maximum absolute atomic E-state index is 10.3. The molecule has 5 rings (SSSR count). The van der Waals surface area contributed by atoms with Crippen molar-refractivity contribution < 1.29 is 15.0 Å². The van der Waals surface area contributed by atoms with Gasteiger partial charge in [0.15, 0.2) is 0 Å². The lowest BCUT2D eigenvalue weighted by molar-refractivity contribution is -0.0573. The molecule has 0 heterocycles. The van der Waals surface area contributed by atoms with Gasteiger partial charge >= 0.3 is 5.97 Å². The minimum Gasteiger partial charge on any atom is -0.478 e. The Morgan fingerprint density at radius 2 is 1.74 bits per heavy atom. The fourth-order valence-electron chi connectivity index (χ4n) is 9.38. The molecule has 0 saturated heterocycles. The van der Waals surface area contributed by atoms with Crippen molar-refractivity contribution in [2.24, 2.45) is 46.3 Å². The number of hydrogen-bond acceptors (Lipinski definition) is 2. The summed E-state index contributed by atoms with van der Waals surface area (Å²) in [6.45, 7) is 12.6. The zero-order valence-electron chi connectivity index (χ0n) is 25.1. The zero-order valence-corrected chi connectivity index (χ0v) is 25.1. The smallest absolute Gasteiger partial charge is 0.335 e. The lowest BCUT2D eigenvalue weighted by Crippen LogP contribution is -2.50. The first kappa shape index (κ1) is 29.9. The Balaban J connectivity index is 0.000000270. The third-order valence-electron chi connectivity index (χ3n) is 11.6. The number of carbonyl (C=O) groups is 1. The van der Waals surface area contributed by atoms with Crippen molar-refractivity contribution in [1.82, 2.24) is 0 Å². The summed E-state index contributed by atoms with van der Waals surface area (Å²) in [7, 11) is 0. The minimum absolute atomic E-state index is 0.0766. The number of fused-ring (bicyclic) bond motifs is 5. The molecule has 4 aliphatic rings. The number of hydrogen-bond donors (Lipinski definition) is 2. The standard InChI is InChI=1S/C27H46O.C9H6O2/c1-18(2)7-6-8-19(3)23-11-12-24-22-10-9-20-17-21(28)13-15-26(20,4)25(22)14-16-27(23,24)5;1-2-7-3-5-8(6-4-7)9(10)11/h9,18-19,21-25,28H,6-8,10-17H2,1-5H3;1,3-6H,(H,10,11)/t19-,21+,22+,23-,24+,25+,26+,27-;/m1./s1. The van der Waals surface area contributed by atoms with Gasteiger partial charge in [0.25, 0.3) is 0 Å². The second kappa shape index (κ2) is 12.2. The molecule has 0 radical (unpaired) electrons. The van der Waals surface area contributed by atoms with Gasteiger partial charge in [-0.15, -0.1) is 6.42 Å². The van der Waals surface area contributed by atoms with Crippen molar-refractivity contribution in [3.8, 4) is 12.3 Å². The van der Waals surface area contributed by atoms with E-state index in [-0.39, 0.29) is 11.7 Å². The van der Waals surface area contributed by atoms with Crippen LogP contribution in [0, 0.1) is 58.7 Å². The molecular weight excluding hydrogens is 480 g/mol. The van der Waals surface area contributed by atoms with Crippen LogP contribution < -0.4 is 0 Å². The number of carboxylic acid groups (broad SMARTS) is 1. The Hall–Kier alpha value is -2.05. The highest BCUT2D eigenvalue weighted by Crippen LogP contribution is 2.67. The van der Waals surface area contributed by atoms with Crippen molar-refractivity contribution in [2.45, 2.75) is 111 Å². The van der Waals surface area contributed by atoms with Crippen LogP contribution in [0.2, 0.25) is 0 Å². The van der Waals surface area contributed by atoms with E-state index < -0.39 is 5.97 Å². The highest BCUT2D eigenvalue weighted by molar-refractivity contribution is 5.87. The predicted octanol–water partition coefficient (Wildman–Crippen LogP) is 8.75. The van der Waals surface area contributed by atoms with E-state index in [9.17, 15) is 9.90 Å². The molecule has 3 saturated carbocycles. The molecule has 1 aromatic rings. The van der Waals surface area contributed by atoms with E-state index in [0.29, 0.717) is 16.4 Å². The second-order valence-corrected chi connectivity index (χ2v) is 14.2. The van der Waals surface area contributed by atoms with E-state index >= 15 is 0 Å². The summed E-state index contributed by atoms with van der Waals surface area (Å²) >= 11 is 0. The quantitative estimate of drug-likeness (QED) is 0.284. The number of benzene rings is 1. The normalized spacial score (nSPS) is 35.8. The first-order valence-corrected chi connectivity index (χ1v) is 15.7. The maximum Gasteiger partial charge on any atom is 0.335 e. The van der Waals surface area contributed by atoms with Crippen molar-refractivity contribution in [2.75, 3.05) is 0 Å². The van der Waals surface area contributed by atoms with Gasteiger partial charge in [-0.3, -0.25) is 0 Å². The second-order valence-electron chi connectivity index (χ2n) is 14.2. The van der Waals surface area contributed by atoms with E-state index in [1.54, 1.807) is 17.7 Å². The summed E-state index contributed by atoms with van der Waals surface area (Å²) in [5.74, 6) is 6.92. The molecule has 0 bridgehead atoms. The fourth-order valence-corrected chi connectivity index (χ4v) is 9.38. The molecule has 214 valence electrons. The molecule has 3 fully saturated rings. The van der Waals surface area contributed by atoms with E-state index in [2.05, 4.69) is 46.6 Å². The van der Waals surface area contributed by atoms with Crippen LogP contribution in [-0.2, 0) is 0 Å². The summed E-state index contributed by atoms with van der Waals surface area (Å²) in [4.78, 5) is 10.3. The lowest BCUT2D eigenvalue weighted by atomic mass is 9.47. The van der Waals surface area contributed by atoms with Crippen LogP contribution in [0.3, 0.4) is 0 Å². The van der Waals surface area contributed by atoms with Crippen LogP contribution in [0.4, 0.5) is 0 Å². The number of allylic oxidation sites excluding steroid dienone is 1. The molecular formula is C36H52O3. The van der Waals surface area contributed by atoms with E-state index in [0.717, 1.165) is 48.3 Å². The number of terminal acetylenes is 1. The third kappa shape index (κ3) is 6.17. The summed E-state index contributed by atoms with van der Waals surface area (Å²) in [6.07, 6.45) is 22.2. The van der Waals surface area contributed by atoms with Crippen molar-refractivity contribution >= 4 is 5.97 Å². The molecule has 0 aromatic heterocycles. The Labute approximate surface area is 237 Å². The van der Waals surface area contributed by atoms with Crippen LogP contribution in [0.1, 0.15) is 121 Å². The molecule has 3 heteroatoms. The average Bonchev–Trinajstić information content (AvgIpc) is 3.26. The van der Waals surface area contributed by atoms with Gasteiger partial charge in [0, 0.05) is 5.56 Å². The highest BCUT2D eigenvalue weighted by atomic mass is 16.4. The van der Waals surface area contributed by atoms with Crippen LogP contribution >= 0.6 is 0 Å². The summed E-state index contributed by atoms with van der Waals surface area (Å²) < 4.78 is 0. The largest absolute Gasteiger partial charge is 0.478 e. The van der Waals surface area contributed by atoms with E-state index in [1.807, 2.05) is 0 Å². The topological polar surface area (TPSA) is 57.5 Å².